The van der Waals surface area contributed by atoms with Crippen molar-refractivity contribution in [2.24, 2.45) is 11.5 Å². The topological polar surface area (TPSA) is 144 Å². The maximum absolute atomic E-state index is 12.2. The van der Waals surface area contributed by atoms with Crippen molar-refractivity contribution in [3.63, 3.8) is 0 Å². The van der Waals surface area contributed by atoms with Crippen LogP contribution in [0.1, 0.15) is 28.3 Å². The Morgan fingerprint density at radius 3 is 2.24 bits per heavy atom. The lowest BCUT2D eigenvalue weighted by molar-refractivity contribution is -0.139. The summed E-state index contributed by atoms with van der Waals surface area (Å²) in [5, 5.41) is 17.6. The minimum Gasteiger partial charge on any atom is -0.481 e. The van der Waals surface area contributed by atoms with Crippen molar-refractivity contribution >= 4 is 17.7 Å². The van der Waals surface area contributed by atoms with Crippen molar-refractivity contribution in [3.05, 3.63) is 42.3 Å². The van der Waals surface area contributed by atoms with Gasteiger partial charge in [0.1, 0.15) is 6.04 Å². The molecule has 3 atom stereocenters. The van der Waals surface area contributed by atoms with Crippen LogP contribution in [0.4, 0.5) is 0 Å². The molecule has 0 heterocycles. The third-order valence-corrected chi connectivity index (χ3v) is 3.08. The van der Waals surface area contributed by atoms with Crippen LogP contribution >= 0.6 is 0 Å². The van der Waals surface area contributed by atoms with Gasteiger partial charge in [-0.05, 0) is 12.5 Å². The summed E-state index contributed by atoms with van der Waals surface area (Å²) in [5.74, 6) is -3.88. The minimum absolute atomic E-state index is 0.142. The Morgan fingerprint density at radius 1 is 1.14 bits per heavy atom. The molecular formula is C14H17N2O5. The third-order valence-electron chi connectivity index (χ3n) is 3.08. The molecule has 0 fully saturated rings. The first-order chi connectivity index (χ1) is 9.75. The van der Waals surface area contributed by atoms with E-state index in [-0.39, 0.29) is 5.56 Å². The number of nitrogens with two attached hydrogens (primary N) is 2. The van der Waals surface area contributed by atoms with E-state index < -0.39 is 42.1 Å². The number of hydrogen-bond acceptors (Lipinski definition) is 5. The number of carbonyl (C=O) groups is 3. The zero-order valence-corrected chi connectivity index (χ0v) is 11.2. The maximum Gasteiger partial charge on any atom is 0.321 e. The quantitative estimate of drug-likeness (QED) is 0.518. The lowest BCUT2D eigenvalue weighted by Gasteiger charge is -2.20. The summed E-state index contributed by atoms with van der Waals surface area (Å²) in [7, 11) is 0. The van der Waals surface area contributed by atoms with Crippen LogP contribution < -0.4 is 11.5 Å². The second kappa shape index (κ2) is 6.96. The number of Topliss-reactive ketones (excluding diaryl/α,β-unsaturated/α-hetero) is 1. The van der Waals surface area contributed by atoms with Crippen LogP contribution in [0.15, 0.2) is 24.3 Å². The Bertz CT molecular complexity index is 558. The summed E-state index contributed by atoms with van der Waals surface area (Å²) in [6.45, 7) is 3.68. The van der Waals surface area contributed by atoms with E-state index in [4.69, 9.17) is 21.7 Å². The van der Waals surface area contributed by atoms with Gasteiger partial charge in [0, 0.05) is 11.5 Å². The summed E-state index contributed by atoms with van der Waals surface area (Å²) in [5.41, 5.74) is 11.5. The number of benzene rings is 1. The van der Waals surface area contributed by atoms with Crippen LogP contribution in [0.3, 0.4) is 0 Å². The zero-order valence-electron chi connectivity index (χ0n) is 11.2. The molecule has 21 heavy (non-hydrogen) atoms. The van der Waals surface area contributed by atoms with Gasteiger partial charge in [-0.15, -0.1) is 0 Å². The fourth-order valence-corrected chi connectivity index (χ4v) is 1.89. The number of hydrogen-bond donors (Lipinski definition) is 4. The van der Waals surface area contributed by atoms with E-state index in [0.717, 1.165) is 0 Å². The van der Waals surface area contributed by atoms with Gasteiger partial charge in [0.2, 0.25) is 0 Å². The molecule has 0 aliphatic carbocycles. The fraction of sp³-hybridized carbons (Fsp3) is 0.286. The summed E-state index contributed by atoms with van der Waals surface area (Å²) < 4.78 is 0. The van der Waals surface area contributed by atoms with E-state index in [0.29, 0.717) is 5.56 Å². The maximum atomic E-state index is 12.2. The molecule has 0 saturated carbocycles. The van der Waals surface area contributed by atoms with Crippen LogP contribution in [0.5, 0.6) is 0 Å². The van der Waals surface area contributed by atoms with E-state index in [9.17, 15) is 14.4 Å². The van der Waals surface area contributed by atoms with Crippen molar-refractivity contribution in [2.45, 2.75) is 24.4 Å². The number of carboxylic acid groups (broad SMARTS) is 2. The highest BCUT2D eigenvalue weighted by atomic mass is 16.4. The van der Waals surface area contributed by atoms with Gasteiger partial charge in [-0.2, -0.15) is 0 Å². The molecule has 1 unspecified atom stereocenters. The standard InChI is InChI=1S/C14H17N2O5/c1-7(12(16)14(20)21)8-4-2-3-5-9(8)13(19)10(15)6-11(17)18/h2-5,7,10,12H,1,6,15-16H2,(H,17,18)(H,20,21)/t7?,10-,12-/m0/s1. The molecule has 7 nitrogen and oxygen atoms in total. The van der Waals surface area contributed by atoms with E-state index in [2.05, 4.69) is 6.92 Å². The molecule has 0 aliphatic rings. The highest BCUT2D eigenvalue weighted by molar-refractivity contribution is 6.03. The molecule has 113 valence electrons. The summed E-state index contributed by atoms with van der Waals surface area (Å²) in [6, 6.07) is 3.67. The van der Waals surface area contributed by atoms with E-state index >= 15 is 0 Å². The Balaban J connectivity index is 3.12. The average Bonchev–Trinajstić information content (AvgIpc) is 2.44. The highest BCUT2D eigenvalue weighted by Gasteiger charge is 2.27. The zero-order chi connectivity index (χ0) is 16.2. The average molecular weight is 293 g/mol. The van der Waals surface area contributed by atoms with Crippen LogP contribution in [0, 0.1) is 6.92 Å². The van der Waals surface area contributed by atoms with Crippen molar-refractivity contribution in [2.75, 3.05) is 0 Å². The van der Waals surface area contributed by atoms with Gasteiger partial charge in [-0.1, -0.05) is 24.3 Å². The summed E-state index contributed by atoms with van der Waals surface area (Å²) in [6.07, 6.45) is -0.514. The van der Waals surface area contributed by atoms with Gasteiger partial charge >= 0.3 is 11.9 Å². The lowest BCUT2D eigenvalue weighted by atomic mass is 9.87. The Kier molecular flexibility index (Phi) is 5.57. The van der Waals surface area contributed by atoms with Crippen molar-refractivity contribution in [3.8, 4) is 0 Å². The normalized spacial score (nSPS) is 15.0. The number of ketones is 1. The molecule has 1 radical (unpaired) electrons. The van der Waals surface area contributed by atoms with Gasteiger partial charge in [0.05, 0.1) is 12.5 Å². The van der Waals surface area contributed by atoms with Crippen molar-refractivity contribution in [1.29, 1.82) is 0 Å². The van der Waals surface area contributed by atoms with Crippen molar-refractivity contribution < 1.29 is 24.6 Å². The molecule has 0 spiro atoms. The van der Waals surface area contributed by atoms with Gasteiger partial charge in [-0.3, -0.25) is 14.4 Å². The Hall–Kier alpha value is -2.25. The molecule has 0 saturated heterocycles. The van der Waals surface area contributed by atoms with E-state index in [1.165, 1.54) is 12.1 Å². The number of carbonyl (C=O) groups excluding carboxylic acids is 1. The van der Waals surface area contributed by atoms with Gasteiger partial charge in [0.15, 0.2) is 5.78 Å². The monoisotopic (exact) mass is 293 g/mol. The SMILES string of the molecule is [CH2]C(c1ccccc1C(=O)[C@@H](N)CC(=O)O)[C@H](N)C(=O)O. The Morgan fingerprint density at radius 2 is 1.71 bits per heavy atom. The fourth-order valence-electron chi connectivity index (χ4n) is 1.89. The predicted octanol–water partition coefficient (Wildman–Crippen LogP) is 0.000890. The number of aliphatic carboxylic acids is 2. The molecular weight excluding hydrogens is 276 g/mol. The van der Waals surface area contributed by atoms with Crippen LogP contribution in [-0.4, -0.2) is 40.0 Å². The van der Waals surface area contributed by atoms with Gasteiger partial charge < -0.3 is 21.7 Å². The second-order valence-electron chi connectivity index (χ2n) is 4.63. The molecule has 0 bridgehead atoms. The van der Waals surface area contributed by atoms with Gasteiger partial charge in [-0.25, -0.2) is 0 Å². The first-order valence-electron chi connectivity index (χ1n) is 6.17. The number of carboxylic acids is 2. The van der Waals surface area contributed by atoms with Gasteiger partial charge in [0.25, 0.3) is 0 Å². The van der Waals surface area contributed by atoms with Crippen LogP contribution in [0.2, 0.25) is 0 Å². The lowest BCUT2D eigenvalue weighted by Crippen LogP contribution is -2.37. The van der Waals surface area contributed by atoms with Crippen LogP contribution in [-0.2, 0) is 9.59 Å². The third kappa shape index (κ3) is 4.11. The van der Waals surface area contributed by atoms with E-state index in [1.54, 1.807) is 12.1 Å². The largest absolute Gasteiger partial charge is 0.481 e. The molecule has 1 rings (SSSR count). The summed E-state index contributed by atoms with van der Waals surface area (Å²) in [4.78, 5) is 33.7. The first-order valence-corrected chi connectivity index (χ1v) is 6.17. The molecule has 0 amide bonds. The van der Waals surface area contributed by atoms with E-state index in [1.807, 2.05) is 0 Å². The molecule has 7 heteroatoms. The second-order valence-corrected chi connectivity index (χ2v) is 4.63. The van der Waals surface area contributed by atoms with Crippen LogP contribution in [0.25, 0.3) is 0 Å². The predicted molar refractivity (Wildman–Crippen MR) is 74.7 cm³/mol. The molecule has 6 N–H and O–H groups in total. The molecule has 1 aromatic rings. The van der Waals surface area contributed by atoms with Crippen molar-refractivity contribution in [1.82, 2.24) is 0 Å². The first kappa shape index (κ1) is 16.8. The Labute approximate surface area is 121 Å². The molecule has 0 aromatic heterocycles. The summed E-state index contributed by atoms with van der Waals surface area (Å²) >= 11 is 0. The molecule has 1 aromatic carbocycles. The highest BCUT2D eigenvalue weighted by Crippen LogP contribution is 2.23. The number of rotatable bonds is 7. The molecule has 0 aliphatic heterocycles. The smallest absolute Gasteiger partial charge is 0.321 e. The minimum atomic E-state index is -1.28.